The lowest BCUT2D eigenvalue weighted by atomic mass is 10.1. The first-order chi connectivity index (χ1) is 16.5. The third-order valence-electron chi connectivity index (χ3n) is 5.19. The number of benzene rings is 1. The monoisotopic (exact) mass is 468 g/mol. The fourth-order valence-corrected chi connectivity index (χ4v) is 3.32. The van der Waals surface area contributed by atoms with Gasteiger partial charge in [-0.15, -0.1) is 0 Å². The van der Waals surface area contributed by atoms with Crippen LogP contribution in [0.4, 0.5) is 10.5 Å². The summed E-state index contributed by atoms with van der Waals surface area (Å²) in [4.78, 5) is 35.3. The lowest BCUT2D eigenvalue weighted by Crippen LogP contribution is -2.37. The summed E-state index contributed by atoms with van der Waals surface area (Å²) in [6.45, 7) is 5.01. The van der Waals surface area contributed by atoms with Crippen molar-refractivity contribution in [2.75, 3.05) is 32.2 Å². The van der Waals surface area contributed by atoms with Gasteiger partial charge in [-0.2, -0.15) is 0 Å². The molecule has 0 aliphatic heterocycles. The van der Waals surface area contributed by atoms with E-state index in [2.05, 4.69) is 27.5 Å². The van der Waals surface area contributed by atoms with E-state index in [0.717, 1.165) is 29.8 Å². The van der Waals surface area contributed by atoms with Crippen LogP contribution in [0.1, 0.15) is 51.5 Å². The van der Waals surface area contributed by atoms with Crippen molar-refractivity contribution in [3.05, 3.63) is 53.9 Å². The fourth-order valence-electron chi connectivity index (χ4n) is 3.32. The van der Waals surface area contributed by atoms with Crippen molar-refractivity contribution in [3.8, 4) is 11.3 Å². The molecule has 34 heavy (non-hydrogen) atoms. The minimum atomic E-state index is -0.469. The predicted octanol–water partition coefficient (Wildman–Crippen LogP) is 4.92. The molecule has 0 radical (unpaired) electrons. The Labute approximate surface area is 202 Å². The summed E-state index contributed by atoms with van der Waals surface area (Å²) in [7, 11) is 3.12. The van der Waals surface area contributed by atoms with Crippen LogP contribution in [-0.4, -0.2) is 44.2 Å². The molecule has 1 aromatic heterocycles. The van der Waals surface area contributed by atoms with Gasteiger partial charge >= 0.3 is 11.9 Å². The van der Waals surface area contributed by atoms with E-state index in [9.17, 15) is 9.59 Å². The zero-order chi connectivity index (χ0) is 24.8. The van der Waals surface area contributed by atoms with Crippen molar-refractivity contribution in [2.24, 2.45) is 0 Å². The van der Waals surface area contributed by atoms with Crippen molar-refractivity contribution in [1.82, 2.24) is 15.8 Å². The summed E-state index contributed by atoms with van der Waals surface area (Å²) in [5.41, 5.74) is 5.38. The Hall–Kier alpha value is -3.39. The van der Waals surface area contributed by atoms with Gasteiger partial charge in [-0.1, -0.05) is 50.8 Å². The largest absolute Gasteiger partial charge is 0.488 e. The van der Waals surface area contributed by atoms with Gasteiger partial charge in [-0.05, 0) is 43.2 Å². The Kier molecular flexibility index (Phi) is 11.6. The highest BCUT2D eigenvalue weighted by molar-refractivity contribution is 5.95. The summed E-state index contributed by atoms with van der Waals surface area (Å²) >= 11 is 0. The summed E-state index contributed by atoms with van der Waals surface area (Å²) in [5, 5.41) is 2.98. The number of hydrogen-bond acceptors (Lipinski definition) is 5. The zero-order valence-electron chi connectivity index (χ0n) is 20.6. The van der Waals surface area contributed by atoms with Crippen molar-refractivity contribution >= 4 is 23.7 Å². The quantitative estimate of drug-likeness (QED) is 0.188. The van der Waals surface area contributed by atoms with Gasteiger partial charge in [0.25, 0.3) is 0 Å². The highest BCUT2D eigenvalue weighted by atomic mass is 16.6. The Balaban J connectivity index is 2.05. The summed E-state index contributed by atoms with van der Waals surface area (Å²) < 4.78 is 5.39. The molecule has 1 aromatic carbocycles. The molecule has 0 fully saturated rings. The number of aromatic nitrogens is 1. The number of anilines is 1. The average Bonchev–Trinajstić information content (AvgIpc) is 2.86. The van der Waals surface area contributed by atoms with Gasteiger partial charge in [0, 0.05) is 31.0 Å². The Morgan fingerprint density at radius 1 is 1.09 bits per heavy atom. The van der Waals surface area contributed by atoms with E-state index in [-0.39, 0.29) is 11.8 Å². The predicted molar refractivity (Wildman–Crippen MR) is 135 cm³/mol. The third kappa shape index (κ3) is 8.51. The lowest BCUT2D eigenvalue weighted by Gasteiger charge is -2.19. The van der Waals surface area contributed by atoms with Crippen LogP contribution in [0.2, 0.25) is 0 Å². The van der Waals surface area contributed by atoms with Gasteiger partial charge in [0.1, 0.15) is 0 Å². The van der Waals surface area contributed by atoms with Crippen LogP contribution in [-0.2, 0) is 14.4 Å². The van der Waals surface area contributed by atoms with Crippen LogP contribution in [0, 0.1) is 0 Å². The van der Waals surface area contributed by atoms with E-state index in [1.807, 2.05) is 36.4 Å². The van der Waals surface area contributed by atoms with E-state index < -0.39 is 5.91 Å². The van der Waals surface area contributed by atoms with Crippen LogP contribution in [0.5, 0.6) is 0 Å². The molecule has 0 aliphatic rings. The average molecular weight is 469 g/mol. The van der Waals surface area contributed by atoms with Crippen molar-refractivity contribution in [3.63, 3.8) is 0 Å². The van der Waals surface area contributed by atoms with Crippen molar-refractivity contribution in [2.45, 2.75) is 46.0 Å². The van der Waals surface area contributed by atoms with E-state index in [4.69, 9.17) is 4.74 Å². The van der Waals surface area contributed by atoms with Gasteiger partial charge in [0.15, 0.2) is 5.76 Å². The normalized spacial score (nSPS) is 11.1. The van der Waals surface area contributed by atoms with Crippen LogP contribution >= 0.6 is 0 Å². The Bertz CT molecular complexity index is 944. The molecule has 2 N–H and O–H groups in total. The molecule has 2 aromatic rings. The first-order valence-electron chi connectivity index (χ1n) is 11.8. The lowest BCUT2D eigenvalue weighted by molar-refractivity contribution is -0.130. The maximum atomic E-state index is 12.5. The van der Waals surface area contributed by atoms with E-state index in [0.29, 0.717) is 18.7 Å². The molecule has 0 saturated carbocycles. The van der Waals surface area contributed by atoms with Crippen LogP contribution < -0.4 is 15.7 Å². The number of carbonyl (C=O) groups excluding carboxylic acids is 2. The minimum absolute atomic E-state index is 0.126. The third-order valence-corrected chi connectivity index (χ3v) is 5.19. The number of unbranched alkanes of at least 4 members (excludes halogenated alkanes) is 4. The SMILES string of the molecule is CCCCCCCNC(=O)N(C)c1cccc(-c2ccc(C=C(OCC)C(=O)NOC)cn2)c1. The first kappa shape index (κ1) is 26.9. The molecule has 0 atom stereocenters. The number of ether oxygens (including phenoxy) is 1. The first-order valence-corrected chi connectivity index (χ1v) is 11.8. The standard InChI is InChI=1S/C26H36N4O4/c1-5-7-8-9-10-16-27-26(32)30(3)22-13-11-12-21(18-22)23-15-14-20(19-28-23)17-24(34-6-2)25(31)29-33-4/h11-15,17-19H,5-10,16H2,1-4H3,(H,27,32)(H,29,31). The van der Waals surface area contributed by atoms with Gasteiger partial charge < -0.3 is 10.1 Å². The van der Waals surface area contributed by atoms with Gasteiger partial charge in [-0.25, -0.2) is 10.3 Å². The molecule has 1 heterocycles. The highest BCUT2D eigenvalue weighted by Crippen LogP contribution is 2.23. The van der Waals surface area contributed by atoms with Crippen molar-refractivity contribution < 1.29 is 19.2 Å². The number of urea groups is 1. The molecule has 0 spiro atoms. The van der Waals surface area contributed by atoms with Gasteiger partial charge in [0.05, 0.1) is 19.4 Å². The minimum Gasteiger partial charge on any atom is -0.488 e. The number of hydroxylamine groups is 1. The number of pyridine rings is 1. The van der Waals surface area contributed by atoms with E-state index in [1.165, 1.54) is 26.4 Å². The molecule has 2 rings (SSSR count). The molecule has 0 saturated heterocycles. The van der Waals surface area contributed by atoms with Crippen LogP contribution in [0.3, 0.4) is 0 Å². The Morgan fingerprint density at radius 3 is 2.56 bits per heavy atom. The maximum absolute atomic E-state index is 12.5. The Morgan fingerprint density at radius 2 is 1.88 bits per heavy atom. The highest BCUT2D eigenvalue weighted by Gasteiger charge is 2.12. The maximum Gasteiger partial charge on any atom is 0.321 e. The molecule has 184 valence electrons. The molecule has 0 aliphatic carbocycles. The molecule has 0 unspecified atom stereocenters. The molecule has 3 amide bonds. The van der Waals surface area contributed by atoms with E-state index >= 15 is 0 Å². The van der Waals surface area contributed by atoms with Crippen LogP contribution in [0.15, 0.2) is 48.4 Å². The number of carbonyl (C=O) groups is 2. The van der Waals surface area contributed by atoms with Gasteiger partial charge in [0.2, 0.25) is 0 Å². The summed E-state index contributed by atoms with van der Waals surface area (Å²) in [5.74, 6) is -0.331. The van der Waals surface area contributed by atoms with Crippen LogP contribution in [0.25, 0.3) is 17.3 Å². The molecule has 0 bridgehead atoms. The summed E-state index contributed by atoms with van der Waals surface area (Å²) in [6.07, 6.45) is 9.04. The second kappa shape index (κ2) is 14.7. The fraction of sp³-hybridized carbons (Fsp3) is 0.423. The smallest absolute Gasteiger partial charge is 0.321 e. The number of amides is 3. The van der Waals surface area contributed by atoms with E-state index in [1.54, 1.807) is 31.1 Å². The van der Waals surface area contributed by atoms with Gasteiger partial charge in [-0.3, -0.25) is 19.5 Å². The number of hydrogen-bond donors (Lipinski definition) is 2. The molecule has 8 heteroatoms. The molecular weight excluding hydrogens is 432 g/mol. The summed E-state index contributed by atoms with van der Waals surface area (Å²) in [6, 6.07) is 11.2. The second-order valence-corrected chi connectivity index (χ2v) is 7.81. The number of rotatable bonds is 13. The second-order valence-electron chi connectivity index (χ2n) is 7.81. The number of nitrogens with zero attached hydrogens (tertiary/aromatic N) is 2. The molecular formula is C26H36N4O4. The number of nitrogens with one attached hydrogen (secondary N) is 2. The van der Waals surface area contributed by atoms with Crippen molar-refractivity contribution in [1.29, 1.82) is 0 Å². The topological polar surface area (TPSA) is 92.8 Å². The zero-order valence-corrected chi connectivity index (χ0v) is 20.6. The molecule has 8 nitrogen and oxygen atoms in total.